The molecule has 6 nitrogen and oxygen atoms in total. The van der Waals surface area contributed by atoms with Gasteiger partial charge >= 0.3 is 0 Å². The molecule has 19 heavy (non-hydrogen) atoms. The van der Waals surface area contributed by atoms with Crippen LogP contribution in [-0.2, 0) is 0 Å². The predicted molar refractivity (Wildman–Crippen MR) is 76.7 cm³/mol. The monoisotopic (exact) mass is 265 g/mol. The van der Waals surface area contributed by atoms with Crippen molar-refractivity contribution in [2.45, 2.75) is 12.5 Å². The van der Waals surface area contributed by atoms with Gasteiger partial charge in [0, 0.05) is 58.8 Å². The quantitative estimate of drug-likeness (QED) is 0.830. The molecule has 1 aromatic rings. The van der Waals surface area contributed by atoms with Crippen molar-refractivity contribution in [1.82, 2.24) is 14.9 Å². The van der Waals surface area contributed by atoms with Crippen LogP contribution in [0.25, 0.3) is 0 Å². The number of hydrogen-bond acceptors (Lipinski definition) is 6. The predicted octanol–water partition coefficient (Wildman–Crippen LogP) is 0.0454. The number of likely N-dealkylation sites (N-methyl/N-ethyl adjacent to an activating group) is 1. The van der Waals surface area contributed by atoms with Crippen molar-refractivity contribution >= 4 is 11.6 Å². The van der Waals surface area contributed by atoms with E-state index in [0.717, 1.165) is 37.7 Å². The second-order valence-electron chi connectivity index (χ2n) is 5.19. The summed E-state index contributed by atoms with van der Waals surface area (Å²) in [6.45, 7) is 3.03. The Bertz CT molecular complexity index is 412. The molecular formula is C13H23N5O. The third-order valence-electron chi connectivity index (χ3n) is 3.62. The molecule has 1 fully saturated rings. The summed E-state index contributed by atoms with van der Waals surface area (Å²) >= 11 is 0. The van der Waals surface area contributed by atoms with Crippen molar-refractivity contribution < 1.29 is 5.11 Å². The Balaban J connectivity index is 2.18. The maximum Gasteiger partial charge on any atom is 0.172 e. The van der Waals surface area contributed by atoms with E-state index >= 15 is 0 Å². The van der Waals surface area contributed by atoms with Crippen LogP contribution in [0.5, 0.6) is 0 Å². The number of aromatic nitrogens is 2. The van der Waals surface area contributed by atoms with Gasteiger partial charge in [0.25, 0.3) is 0 Å². The summed E-state index contributed by atoms with van der Waals surface area (Å²) in [5.41, 5.74) is 0. The lowest BCUT2D eigenvalue weighted by Gasteiger charge is -2.40. The summed E-state index contributed by atoms with van der Waals surface area (Å²) in [6.07, 6.45) is 4.26. The molecule has 1 saturated heterocycles. The first-order valence-electron chi connectivity index (χ1n) is 6.68. The van der Waals surface area contributed by atoms with Crippen molar-refractivity contribution in [2.75, 3.05) is 57.2 Å². The Morgan fingerprint density at radius 1 is 1.32 bits per heavy atom. The zero-order valence-corrected chi connectivity index (χ0v) is 12.0. The van der Waals surface area contributed by atoms with Crippen molar-refractivity contribution in [3.63, 3.8) is 0 Å². The molecule has 0 spiro atoms. The second kappa shape index (κ2) is 6.16. The normalized spacial score (nSPS) is 20.6. The standard InChI is InChI=1S/C13H23N5O/c1-16(2)12-13(15-6-5-14-12)18-8-7-17(3)11(10-18)4-9-19/h5-6,11,19H,4,7-10H2,1-3H3. The number of aliphatic hydroxyl groups is 1. The molecule has 1 atom stereocenters. The van der Waals surface area contributed by atoms with Crippen LogP contribution in [0.4, 0.5) is 11.6 Å². The first-order chi connectivity index (χ1) is 9.13. The number of anilines is 2. The van der Waals surface area contributed by atoms with Gasteiger partial charge in [0.05, 0.1) is 0 Å². The van der Waals surface area contributed by atoms with Gasteiger partial charge in [-0.25, -0.2) is 9.97 Å². The lowest BCUT2D eigenvalue weighted by molar-refractivity contribution is 0.170. The summed E-state index contributed by atoms with van der Waals surface area (Å²) in [5.74, 6) is 1.83. The van der Waals surface area contributed by atoms with Crippen LogP contribution in [0, 0.1) is 0 Å². The molecule has 1 N–H and O–H groups in total. The number of rotatable bonds is 4. The first kappa shape index (κ1) is 14.0. The Morgan fingerprint density at radius 3 is 2.74 bits per heavy atom. The van der Waals surface area contributed by atoms with Crippen LogP contribution >= 0.6 is 0 Å². The van der Waals surface area contributed by atoms with E-state index in [0.29, 0.717) is 6.04 Å². The Kier molecular flexibility index (Phi) is 4.55. The third kappa shape index (κ3) is 3.13. The average molecular weight is 265 g/mol. The number of aliphatic hydroxyl groups excluding tert-OH is 1. The van der Waals surface area contributed by atoms with Gasteiger partial charge in [-0.05, 0) is 13.5 Å². The molecule has 2 rings (SSSR count). The third-order valence-corrected chi connectivity index (χ3v) is 3.62. The molecule has 6 heteroatoms. The van der Waals surface area contributed by atoms with Crippen LogP contribution in [0.15, 0.2) is 12.4 Å². The van der Waals surface area contributed by atoms with Crippen LogP contribution < -0.4 is 9.80 Å². The maximum atomic E-state index is 9.15. The van der Waals surface area contributed by atoms with Crippen LogP contribution in [0.1, 0.15) is 6.42 Å². The van der Waals surface area contributed by atoms with Crippen LogP contribution in [0.3, 0.4) is 0 Å². The molecule has 0 aliphatic carbocycles. The van der Waals surface area contributed by atoms with Gasteiger partial charge < -0.3 is 14.9 Å². The minimum absolute atomic E-state index is 0.226. The lowest BCUT2D eigenvalue weighted by Crippen LogP contribution is -2.52. The van der Waals surface area contributed by atoms with Crippen molar-refractivity contribution in [3.05, 3.63) is 12.4 Å². The molecule has 0 aromatic carbocycles. The topological polar surface area (TPSA) is 55.7 Å². The molecule has 0 amide bonds. The fraction of sp³-hybridized carbons (Fsp3) is 0.692. The second-order valence-corrected chi connectivity index (χ2v) is 5.19. The minimum Gasteiger partial charge on any atom is -0.396 e. The molecule has 106 valence electrons. The molecule has 1 aromatic heterocycles. The van der Waals surface area contributed by atoms with E-state index in [2.05, 4.69) is 26.8 Å². The molecule has 1 aliphatic rings. The molecule has 0 saturated carbocycles. The number of nitrogens with zero attached hydrogens (tertiary/aromatic N) is 5. The highest BCUT2D eigenvalue weighted by Crippen LogP contribution is 2.25. The van der Waals surface area contributed by atoms with Gasteiger partial charge in [-0.2, -0.15) is 0 Å². The molecule has 1 unspecified atom stereocenters. The summed E-state index contributed by atoms with van der Waals surface area (Å²) < 4.78 is 0. The van der Waals surface area contributed by atoms with E-state index in [1.54, 1.807) is 12.4 Å². The SMILES string of the molecule is CN(C)c1nccnc1N1CCN(C)C(CCO)C1. The van der Waals surface area contributed by atoms with Crippen molar-refractivity contribution in [3.8, 4) is 0 Å². The van der Waals surface area contributed by atoms with E-state index in [-0.39, 0.29) is 6.61 Å². The smallest absolute Gasteiger partial charge is 0.172 e. The van der Waals surface area contributed by atoms with Gasteiger partial charge in [0.15, 0.2) is 11.6 Å². The first-order valence-corrected chi connectivity index (χ1v) is 6.68. The van der Waals surface area contributed by atoms with Gasteiger partial charge in [-0.15, -0.1) is 0 Å². The molecule has 2 heterocycles. The number of piperazine rings is 1. The zero-order chi connectivity index (χ0) is 13.8. The highest BCUT2D eigenvalue weighted by Gasteiger charge is 2.26. The highest BCUT2D eigenvalue weighted by molar-refractivity contribution is 5.61. The Hall–Kier alpha value is -1.40. The zero-order valence-electron chi connectivity index (χ0n) is 12.0. The largest absolute Gasteiger partial charge is 0.396 e. The molecular weight excluding hydrogens is 242 g/mol. The summed E-state index contributed by atoms with van der Waals surface area (Å²) in [5, 5.41) is 9.15. The van der Waals surface area contributed by atoms with E-state index in [1.165, 1.54) is 0 Å². The van der Waals surface area contributed by atoms with Crippen molar-refractivity contribution in [2.24, 2.45) is 0 Å². The maximum absolute atomic E-state index is 9.15. The fourth-order valence-electron chi connectivity index (χ4n) is 2.46. The number of hydrogen-bond donors (Lipinski definition) is 1. The van der Waals surface area contributed by atoms with Crippen molar-refractivity contribution in [1.29, 1.82) is 0 Å². The van der Waals surface area contributed by atoms with Crippen LogP contribution in [0.2, 0.25) is 0 Å². The molecule has 0 bridgehead atoms. The van der Waals surface area contributed by atoms with Crippen LogP contribution in [-0.4, -0.2) is 73.4 Å². The van der Waals surface area contributed by atoms with E-state index in [9.17, 15) is 0 Å². The summed E-state index contributed by atoms with van der Waals surface area (Å²) in [4.78, 5) is 15.4. The highest BCUT2D eigenvalue weighted by atomic mass is 16.3. The summed E-state index contributed by atoms with van der Waals surface area (Å²) in [7, 11) is 6.07. The van der Waals surface area contributed by atoms with E-state index < -0.39 is 0 Å². The average Bonchev–Trinajstić information content (AvgIpc) is 2.41. The minimum atomic E-state index is 0.226. The van der Waals surface area contributed by atoms with Gasteiger partial charge in [-0.3, -0.25) is 4.90 Å². The lowest BCUT2D eigenvalue weighted by atomic mass is 10.1. The summed E-state index contributed by atoms with van der Waals surface area (Å²) in [6, 6.07) is 0.371. The van der Waals surface area contributed by atoms with Gasteiger partial charge in [-0.1, -0.05) is 0 Å². The van der Waals surface area contributed by atoms with Gasteiger partial charge in [0.1, 0.15) is 0 Å². The molecule has 0 radical (unpaired) electrons. The fourth-order valence-corrected chi connectivity index (χ4v) is 2.46. The molecule has 1 aliphatic heterocycles. The van der Waals surface area contributed by atoms with E-state index in [4.69, 9.17) is 5.11 Å². The Morgan fingerprint density at radius 2 is 2.05 bits per heavy atom. The Labute approximate surface area is 114 Å². The van der Waals surface area contributed by atoms with E-state index in [1.807, 2.05) is 19.0 Å². The van der Waals surface area contributed by atoms with Gasteiger partial charge in [0.2, 0.25) is 0 Å².